The van der Waals surface area contributed by atoms with Gasteiger partial charge in [-0.15, -0.1) is 0 Å². The van der Waals surface area contributed by atoms with E-state index in [2.05, 4.69) is 51.9 Å². The van der Waals surface area contributed by atoms with Gasteiger partial charge in [-0.25, -0.2) is 0 Å². The molecule has 0 spiro atoms. The van der Waals surface area contributed by atoms with Crippen molar-refractivity contribution in [3.8, 4) is 0 Å². The number of rotatable bonds is 4. The van der Waals surface area contributed by atoms with E-state index in [1.807, 2.05) is 0 Å². The van der Waals surface area contributed by atoms with E-state index in [4.69, 9.17) is 0 Å². The summed E-state index contributed by atoms with van der Waals surface area (Å²) in [5.41, 5.74) is 5.89. The molecule has 0 aliphatic heterocycles. The number of hydrogen-bond acceptors (Lipinski definition) is 1. The van der Waals surface area contributed by atoms with E-state index in [9.17, 15) is 0 Å². The molecule has 3 rings (SSSR count). The molecule has 0 N–H and O–H groups in total. The van der Waals surface area contributed by atoms with E-state index >= 15 is 0 Å². The third kappa shape index (κ3) is 4.60. The Labute approximate surface area is 156 Å². The SMILES string of the molecule is Cc1cc(C2CCC(CC3CCC(C)CC3)CC2)cc(C)c1N(C)C. The van der Waals surface area contributed by atoms with Gasteiger partial charge in [0.05, 0.1) is 0 Å². The number of nitrogens with zero attached hydrogens (tertiary/aromatic N) is 1. The lowest BCUT2D eigenvalue weighted by molar-refractivity contribution is 0.211. The van der Waals surface area contributed by atoms with Crippen LogP contribution in [0.5, 0.6) is 0 Å². The fourth-order valence-electron chi connectivity index (χ4n) is 5.70. The molecule has 1 aromatic rings. The molecule has 1 aromatic carbocycles. The topological polar surface area (TPSA) is 3.24 Å². The van der Waals surface area contributed by atoms with Gasteiger partial charge in [-0.1, -0.05) is 44.7 Å². The van der Waals surface area contributed by atoms with Crippen LogP contribution in [0.2, 0.25) is 0 Å². The van der Waals surface area contributed by atoms with Crippen molar-refractivity contribution in [2.75, 3.05) is 19.0 Å². The minimum Gasteiger partial charge on any atom is -0.377 e. The van der Waals surface area contributed by atoms with E-state index in [0.717, 1.165) is 23.7 Å². The van der Waals surface area contributed by atoms with Crippen LogP contribution in [0.1, 0.15) is 87.3 Å². The van der Waals surface area contributed by atoms with E-state index in [-0.39, 0.29) is 0 Å². The van der Waals surface area contributed by atoms with Gasteiger partial charge in [0.1, 0.15) is 0 Å². The van der Waals surface area contributed by atoms with E-state index in [1.165, 1.54) is 74.6 Å². The number of anilines is 1. The summed E-state index contributed by atoms with van der Waals surface area (Å²) in [5.74, 6) is 3.85. The van der Waals surface area contributed by atoms with Crippen molar-refractivity contribution in [1.29, 1.82) is 0 Å². The van der Waals surface area contributed by atoms with Crippen LogP contribution in [0.15, 0.2) is 12.1 Å². The number of benzene rings is 1. The molecular formula is C24H39N. The Bertz CT molecular complexity index is 534. The fraction of sp³-hybridized carbons (Fsp3) is 0.750. The largest absolute Gasteiger partial charge is 0.377 e. The highest BCUT2D eigenvalue weighted by atomic mass is 15.1. The molecule has 1 nitrogen and oxygen atoms in total. The summed E-state index contributed by atoms with van der Waals surface area (Å²) in [6.45, 7) is 7.00. The molecule has 0 heterocycles. The molecule has 25 heavy (non-hydrogen) atoms. The predicted molar refractivity (Wildman–Crippen MR) is 111 cm³/mol. The average molecular weight is 342 g/mol. The van der Waals surface area contributed by atoms with E-state index in [1.54, 1.807) is 5.56 Å². The molecule has 0 atom stereocenters. The molecule has 0 bridgehead atoms. The maximum atomic E-state index is 2.47. The summed E-state index contributed by atoms with van der Waals surface area (Å²) in [6, 6.07) is 4.94. The highest BCUT2D eigenvalue weighted by molar-refractivity contribution is 5.59. The molecule has 140 valence electrons. The maximum Gasteiger partial charge on any atom is 0.0420 e. The summed E-state index contributed by atoms with van der Waals surface area (Å²) in [7, 11) is 4.32. The van der Waals surface area contributed by atoms with Crippen LogP contribution in [-0.2, 0) is 0 Å². The van der Waals surface area contributed by atoms with Gasteiger partial charge in [0.25, 0.3) is 0 Å². The van der Waals surface area contributed by atoms with Crippen molar-refractivity contribution in [2.24, 2.45) is 17.8 Å². The Kier molecular flexibility index (Phi) is 6.12. The standard InChI is InChI=1S/C24H39N/c1-17-6-8-20(9-7-17)16-21-10-12-22(13-11-21)23-14-18(2)24(25(4)5)19(3)15-23/h14-15,17,20-22H,6-13,16H2,1-5H3. The number of aryl methyl sites for hydroxylation is 2. The van der Waals surface area contributed by atoms with Crippen molar-refractivity contribution < 1.29 is 0 Å². The van der Waals surface area contributed by atoms with Crippen LogP contribution in [0.4, 0.5) is 5.69 Å². The van der Waals surface area contributed by atoms with Crippen LogP contribution in [0.3, 0.4) is 0 Å². The lowest BCUT2D eigenvalue weighted by Gasteiger charge is -2.34. The van der Waals surface area contributed by atoms with Gasteiger partial charge in [-0.2, -0.15) is 0 Å². The van der Waals surface area contributed by atoms with Gasteiger partial charge in [0.15, 0.2) is 0 Å². The van der Waals surface area contributed by atoms with Crippen LogP contribution in [0, 0.1) is 31.6 Å². The highest BCUT2D eigenvalue weighted by Gasteiger charge is 2.27. The van der Waals surface area contributed by atoms with Gasteiger partial charge in [0, 0.05) is 19.8 Å². The predicted octanol–water partition coefficient (Wildman–Crippen LogP) is 6.86. The van der Waals surface area contributed by atoms with E-state index < -0.39 is 0 Å². The molecular weight excluding hydrogens is 302 g/mol. The quantitative estimate of drug-likeness (QED) is 0.578. The maximum absolute atomic E-state index is 2.47. The molecule has 0 saturated heterocycles. The first-order valence-corrected chi connectivity index (χ1v) is 10.7. The first kappa shape index (κ1) is 18.8. The summed E-state index contributed by atoms with van der Waals surface area (Å²) >= 11 is 0. The molecule has 2 aliphatic rings. The first-order chi connectivity index (χ1) is 11.9. The van der Waals surface area contributed by atoms with Crippen LogP contribution in [-0.4, -0.2) is 14.1 Å². The molecule has 0 amide bonds. The third-order valence-corrected chi connectivity index (χ3v) is 7.08. The lowest BCUT2D eigenvalue weighted by Crippen LogP contribution is -2.20. The second-order valence-electron chi connectivity index (χ2n) is 9.48. The normalized spacial score (nSPS) is 30.3. The molecule has 1 heteroatoms. The van der Waals surface area contributed by atoms with E-state index in [0.29, 0.717) is 0 Å². The second-order valence-corrected chi connectivity index (χ2v) is 9.48. The molecule has 0 unspecified atom stereocenters. The fourth-order valence-corrected chi connectivity index (χ4v) is 5.70. The molecule has 2 aliphatic carbocycles. The Morgan fingerprint density at radius 2 is 1.28 bits per heavy atom. The molecule has 0 radical (unpaired) electrons. The van der Waals surface area contributed by atoms with Gasteiger partial charge in [-0.3, -0.25) is 0 Å². The number of hydrogen-bond donors (Lipinski definition) is 0. The molecule has 2 saturated carbocycles. The minimum absolute atomic E-state index is 0.802. The van der Waals surface area contributed by atoms with Gasteiger partial charge in [-0.05, 0) is 86.3 Å². The molecule has 0 aromatic heterocycles. The summed E-state index contributed by atoms with van der Waals surface area (Å²) in [6.07, 6.45) is 13.2. The zero-order chi connectivity index (χ0) is 18.0. The van der Waals surface area contributed by atoms with Crippen LogP contribution in [0.25, 0.3) is 0 Å². The smallest absolute Gasteiger partial charge is 0.0420 e. The van der Waals surface area contributed by atoms with Crippen LogP contribution < -0.4 is 4.90 Å². The average Bonchev–Trinajstić information content (AvgIpc) is 2.56. The Balaban J connectivity index is 1.55. The van der Waals surface area contributed by atoms with Gasteiger partial charge >= 0.3 is 0 Å². The Morgan fingerprint density at radius 3 is 1.76 bits per heavy atom. The van der Waals surface area contributed by atoms with Crippen molar-refractivity contribution in [3.63, 3.8) is 0 Å². The highest BCUT2D eigenvalue weighted by Crippen LogP contribution is 2.42. The zero-order valence-corrected chi connectivity index (χ0v) is 17.3. The zero-order valence-electron chi connectivity index (χ0n) is 17.3. The van der Waals surface area contributed by atoms with Gasteiger partial charge in [0.2, 0.25) is 0 Å². The monoisotopic (exact) mass is 341 g/mol. The van der Waals surface area contributed by atoms with Crippen molar-refractivity contribution in [2.45, 2.75) is 84.5 Å². The second kappa shape index (κ2) is 8.14. The molecule has 2 fully saturated rings. The Hall–Kier alpha value is -0.980. The summed E-state index contributed by atoms with van der Waals surface area (Å²) < 4.78 is 0. The third-order valence-electron chi connectivity index (χ3n) is 7.08. The van der Waals surface area contributed by atoms with Gasteiger partial charge < -0.3 is 4.90 Å². The summed E-state index contributed by atoms with van der Waals surface area (Å²) in [5, 5.41) is 0. The Morgan fingerprint density at radius 1 is 0.800 bits per heavy atom. The minimum atomic E-state index is 0.802. The first-order valence-electron chi connectivity index (χ1n) is 10.7. The van der Waals surface area contributed by atoms with Crippen molar-refractivity contribution >= 4 is 5.69 Å². The van der Waals surface area contributed by atoms with Crippen molar-refractivity contribution in [3.05, 3.63) is 28.8 Å². The van der Waals surface area contributed by atoms with Crippen LogP contribution >= 0.6 is 0 Å². The lowest BCUT2D eigenvalue weighted by atomic mass is 9.72. The summed E-state index contributed by atoms with van der Waals surface area (Å²) in [4.78, 5) is 2.26. The van der Waals surface area contributed by atoms with Crippen molar-refractivity contribution in [1.82, 2.24) is 0 Å².